The third kappa shape index (κ3) is 8.39. The largest absolute Gasteiger partial charge is 0.429 e. The normalized spacial score (nSPS) is 17.0. The summed E-state index contributed by atoms with van der Waals surface area (Å²) in [5.41, 5.74) is -0.148. The first-order chi connectivity index (χ1) is 22.4. The molecule has 0 amide bonds. The predicted molar refractivity (Wildman–Crippen MR) is 160 cm³/mol. The molecule has 1 aliphatic rings. The molecule has 0 aromatic heterocycles. The SMILES string of the molecule is CCCCCC1COC(c2ccc(-c3cc(F)c(C=CC(F)(F)Oc4ccc(-c5cc(F)c(F)c(F)c5)c(F)c4)c(F)c3)cc2)OC1. The van der Waals surface area contributed by atoms with Gasteiger partial charge in [-0.25, -0.2) is 26.3 Å². The molecule has 4 aromatic carbocycles. The number of benzene rings is 4. The fourth-order valence-corrected chi connectivity index (χ4v) is 5.20. The van der Waals surface area contributed by atoms with Crippen LogP contribution < -0.4 is 4.74 Å². The maximum Gasteiger partial charge on any atom is 0.419 e. The van der Waals surface area contributed by atoms with Gasteiger partial charge < -0.3 is 14.2 Å². The average Bonchev–Trinajstić information content (AvgIpc) is 3.03. The third-order valence-electron chi connectivity index (χ3n) is 7.71. The zero-order valence-corrected chi connectivity index (χ0v) is 25.2. The summed E-state index contributed by atoms with van der Waals surface area (Å²) in [6.07, 6.45) is 0.366. The average molecular weight is 663 g/mol. The number of alkyl halides is 2. The molecule has 1 heterocycles. The van der Waals surface area contributed by atoms with E-state index in [-0.39, 0.29) is 17.2 Å². The second-order valence-electron chi connectivity index (χ2n) is 11.2. The number of halogens is 8. The fourth-order valence-electron chi connectivity index (χ4n) is 5.20. The van der Waals surface area contributed by atoms with Crippen LogP contribution in [0, 0.1) is 40.8 Å². The van der Waals surface area contributed by atoms with Crippen molar-refractivity contribution in [2.24, 2.45) is 5.92 Å². The van der Waals surface area contributed by atoms with E-state index < -0.39 is 64.2 Å². The Morgan fingerprint density at radius 2 is 1.34 bits per heavy atom. The number of unbranched alkanes of at least 4 members (excludes halogenated alkanes) is 2. The van der Waals surface area contributed by atoms with E-state index in [1.165, 1.54) is 0 Å². The van der Waals surface area contributed by atoms with Crippen molar-refractivity contribution >= 4 is 6.08 Å². The van der Waals surface area contributed by atoms with Gasteiger partial charge in [-0.3, -0.25) is 0 Å². The van der Waals surface area contributed by atoms with Gasteiger partial charge in [0.25, 0.3) is 0 Å². The van der Waals surface area contributed by atoms with E-state index >= 15 is 0 Å². The summed E-state index contributed by atoms with van der Waals surface area (Å²) in [4.78, 5) is 0. The van der Waals surface area contributed by atoms with Crippen LogP contribution >= 0.6 is 0 Å². The number of ether oxygens (including phenoxy) is 3. The van der Waals surface area contributed by atoms with E-state index in [9.17, 15) is 35.1 Å². The van der Waals surface area contributed by atoms with Gasteiger partial charge in [0, 0.05) is 34.8 Å². The zero-order valence-electron chi connectivity index (χ0n) is 25.2. The van der Waals surface area contributed by atoms with Gasteiger partial charge >= 0.3 is 6.11 Å². The molecule has 4 aromatic rings. The molecule has 47 heavy (non-hydrogen) atoms. The Morgan fingerprint density at radius 1 is 0.723 bits per heavy atom. The molecule has 0 bridgehead atoms. The standard InChI is InChI=1S/C36H30F8O3/c1-2-3-4-5-21-19-45-35(46-20-21)23-8-6-22(7-9-23)24-14-29(37)28(30(38)15-24)12-13-36(43,44)47-26-10-11-27(31(39)18-26)25-16-32(40)34(42)33(41)17-25/h6-18,21,35H,2-5,19-20H2,1H3. The highest BCUT2D eigenvalue weighted by Gasteiger charge is 2.29. The van der Waals surface area contributed by atoms with Gasteiger partial charge in [-0.15, -0.1) is 0 Å². The molecule has 0 saturated carbocycles. The lowest BCUT2D eigenvalue weighted by molar-refractivity contribution is -0.206. The lowest BCUT2D eigenvalue weighted by Gasteiger charge is -2.29. The second-order valence-corrected chi connectivity index (χ2v) is 11.2. The Bertz CT molecular complexity index is 1690. The molecule has 11 heteroatoms. The van der Waals surface area contributed by atoms with E-state index in [1.807, 2.05) is 0 Å². The van der Waals surface area contributed by atoms with Crippen LogP contribution in [0.3, 0.4) is 0 Å². The molecule has 0 spiro atoms. The van der Waals surface area contributed by atoms with Gasteiger partial charge in [0.15, 0.2) is 23.7 Å². The summed E-state index contributed by atoms with van der Waals surface area (Å²) < 4.78 is 130. The topological polar surface area (TPSA) is 27.7 Å². The molecular formula is C36H30F8O3. The van der Waals surface area contributed by atoms with Crippen LogP contribution in [0.25, 0.3) is 28.3 Å². The second kappa shape index (κ2) is 14.7. The number of hydrogen-bond acceptors (Lipinski definition) is 3. The molecular weight excluding hydrogens is 632 g/mol. The van der Waals surface area contributed by atoms with Gasteiger partial charge in [0.1, 0.15) is 23.2 Å². The van der Waals surface area contributed by atoms with Crippen molar-refractivity contribution in [3.8, 4) is 28.0 Å². The van der Waals surface area contributed by atoms with Crippen LogP contribution in [-0.4, -0.2) is 19.3 Å². The van der Waals surface area contributed by atoms with E-state index in [1.54, 1.807) is 24.3 Å². The highest BCUT2D eigenvalue weighted by Crippen LogP contribution is 2.33. The van der Waals surface area contributed by atoms with Crippen molar-refractivity contribution in [1.29, 1.82) is 0 Å². The van der Waals surface area contributed by atoms with Crippen LogP contribution in [0.5, 0.6) is 5.75 Å². The summed E-state index contributed by atoms with van der Waals surface area (Å²) in [6, 6.07) is 12.2. The lowest BCUT2D eigenvalue weighted by atomic mass is 10.0. The van der Waals surface area contributed by atoms with Crippen LogP contribution in [0.4, 0.5) is 35.1 Å². The van der Waals surface area contributed by atoms with Crippen molar-refractivity contribution in [1.82, 2.24) is 0 Å². The number of hydrogen-bond donors (Lipinski definition) is 0. The van der Waals surface area contributed by atoms with Gasteiger partial charge in [0.2, 0.25) is 0 Å². The Hall–Kier alpha value is -4.22. The molecule has 1 fully saturated rings. The van der Waals surface area contributed by atoms with E-state index in [2.05, 4.69) is 11.7 Å². The zero-order chi connectivity index (χ0) is 33.7. The van der Waals surface area contributed by atoms with Gasteiger partial charge in [0.05, 0.1) is 13.2 Å². The minimum atomic E-state index is -4.14. The Balaban J connectivity index is 1.23. The van der Waals surface area contributed by atoms with Gasteiger partial charge in [-0.05, 0) is 65.6 Å². The minimum Gasteiger partial charge on any atom is -0.429 e. The molecule has 0 N–H and O–H groups in total. The minimum absolute atomic E-state index is 0.0953. The fraction of sp³-hybridized carbons (Fsp3) is 0.278. The molecule has 1 saturated heterocycles. The van der Waals surface area contributed by atoms with Crippen LogP contribution in [-0.2, 0) is 9.47 Å². The van der Waals surface area contributed by atoms with Crippen LogP contribution in [0.2, 0.25) is 0 Å². The Labute approximate surface area is 266 Å². The first-order valence-corrected chi connectivity index (χ1v) is 15.0. The highest BCUT2D eigenvalue weighted by atomic mass is 19.3. The van der Waals surface area contributed by atoms with E-state index in [0.29, 0.717) is 49.0 Å². The first-order valence-electron chi connectivity index (χ1n) is 15.0. The first kappa shape index (κ1) is 34.1. The Kier molecular flexibility index (Phi) is 10.7. The molecule has 0 atom stereocenters. The van der Waals surface area contributed by atoms with Crippen molar-refractivity contribution in [2.45, 2.75) is 45.0 Å². The molecule has 1 aliphatic heterocycles. The van der Waals surface area contributed by atoms with Crippen LogP contribution in [0.15, 0.2) is 72.8 Å². The summed E-state index contributed by atoms with van der Waals surface area (Å²) in [5.74, 6) is -8.65. The summed E-state index contributed by atoms with van der Waals surface area (Å²) in [7, 11) is 0. The third-order valence-corrected chi connectivity index (χ3v) is 7.71. The summed E-state index contributed by atoms with van der Waals surface area (Å²) in [5, 5.41) is 0. The van der Waals surface area contributed by atoms with Crippen molar-refractivity contribution < 1.29 is 49.3 Å². The van der Waals surface area contributed by atoms with Crippen molar-refractivity contribution in [2.75, 3.05) is 13.2 Å². The van der Waals surface area contributed by atoms with E-state index in [0.717, 1.165) is 55.5 Å². The quantitative estimate of drug-likeness (QED) is 0.0909. The van der Waals surface area contributed by atoms with Gasteiger partial charge in [-0.1, -0.05) is 50.5 Å². The predicted octanol–water partition coefficient (Wildman–Crippen LogP) is 10.8. The highest BCUT2D eigenvalue weighted by molar-refractivity contribution is 5.67. The van der Waals surface area contributed by atoms with Gasteiger partial charge in [-0.2, -0.15) is 8.78 Å². The van der Waals surface area contributed by atoms with Crippen molar-refractivity contribution in [3.63, 3.8) is 0 Å². The summed E-state index contributed by atoms with van der Waals surface area (Å²) in [6.45, 7) is 3.31. The van der Waals surface area contributed by atoms with Crippen LogP contribution in [0.1, 0.15) is 50.0 Å². The molecule has 5 rings (SSSR count). The maximum atomic E-state index is 14.9. The van der Waals surface area contributed by atoms with Crippen molar-refractivity contribution in [3.05, 3.63) is 119 Å². The molecule has 0 radical (unpaired) electrons. The monoisotopic (exact) mass is 662 g/mol. The molecule has 0 unspecified atom stereocenters. The lowest BCUT2D eigenvalue weighted by Crippen LogP contribution is -2.27. The molecule has 0 aliphatic carbocycles. The Morgan fingerprint density at radius 3 is 1.94 bits per heavy atom. The smallest absolute Gasteiger partial charge is 0.419 e. The molecule has 3 nitrogen and oxygen atoms in total. The number of rotatable bonds is 11. The van der Waals surface area contributed by atoms with E-state index in [4.69, 9.17) is 9.47 Å². The molecule has 248 valence electrons. The summed E-state index contributed by atoms with van der Waals surface area (Å²) >= 11 is 0. The maximum absolute atomic E-state index is 14.9.